The van der Waals surface area contributed by atoms with Crippen molar-refractivity contribution in [2.45, 2.75) is 65.2 Å². The third-order valence-corrected chi connectivity index (χ3v) is 4.10. The van der Waals surface area contributed by atoms with Crippen molar-refractivity contribution in [1.29, 1.82) is 0 Å². The highest BCUT2D eigenvalue weighted by molar-refractivity contribution is 5.49. The second-order valence-electron chi connectivity index (χ2n) is 8.62. The van der Waals surface area contributed by atoms with E-state index in [0.29, 0.717) is 0 Å². The quantitative estimate of drug-likeness (QED) is 0.776. The number of aryl methyl sites for hydroxylation is 1. The van der Waals surface area contributed by atoms with Crippen molar-refractivity contribution in [3.63, 3.8) is 0 Å². The van der Waals surface area contributed by atoms with Crippen LogP contribution in [0.25, 0.3) is 0 Å². The van der Waals surface area contributed by atoms with Gasteiger partial charge < -0.3 is 9.64 Å². The average Bonchev–Trinajstić information content (AvgIpc) is 2.35. The molecule has 0 amide bonds. The molecule has 0 heterocycles. The molecule has 0 fully saturated rings. The first-order valence-corrected chi connectivity index (χ1v) is 8.33. The van der Waals surface area contributed by atoms with Gasteiger partial charge in [0.2, 0.25) is 0 Å². The van der Waals surface area contributed by atoms with Crippen LogP contribution in [0.15, 0.2) is 12.1 Å². The summed E-state index contributed by atoms with van der Waals surface area (Å²) < 4.78 is 5.81. The molecule has 0 aliphatic heterocycles. The van der Waals surface area contributed by atoms with E-state index in [1.807, 2.05) is 0 Å². The predicted molar refractivity (Wildman–Crippen MR) is 97.3 cm³/mol. The molecule has 0 atom stereocenters. The largest absolute Gasteiger partial charge is 0.496 e. The minimum atomic E-state index is 0.0862. The first-order chi connectivity index (χ1) is 9.96. The summed E-state index contributed by atoms with van der Waals surface area (Å²) in [6, 6.07) is 4.69. The Morgan fingerprint density at radius 1 is 0.955 bits per heavy atom. The van der Waals surface area contributed by atoms with Crippen molar-refractivity contribution in [1.82, 2.24) is 4.90 Å². The van der Waals surface area contributed by atoms with Gasteiger partial charge in [-0.3, -0.25) is 0 Å². The number of ether oxygens (including phenoxy) is 1. The lowest BCUT2D eigenvalue weighted by Gasteiger charge is -2.29. The van der Waals surface area contributed by atoms with Crippen molar-refractivity contribution in [2.24, 2.45) is 0 Å². The fourth-order valence-electron chi connectivity index (χ4n) is 2.69. The Morgan fingerprint density at radius 2 is 1.55 bits per heavy atom. The Bertz CT molecular complexity index is 490. The van der Waals surface area contributed by atoms with E-state index in [1.54, 1.807) is 7.11 Å². The van der Waals surface area contributed by atoms with Gasteiger partial charge in [0.05, 0.1) is 7.11 Å². The summed E-state index contributed by atoms with van der Waals surface area (Å²) in [5.41, 5.74) is 4.31. The van der Waals surface area contributed by atoms with Crippen LogP contribution in [0.1, 0.15) is 64.7 Å². The van der Waals surface area contributed by atoms with Crippen LogP contribution in [0.5, 0.6) is 5.75 Å². The summed E-state index contributed by atoms with van der Waals surface area (Å²) in [6.45, 7) is 14.7. The summed E-state index contributed by atoms with van der Waals surface area (Å²) in [7, 11) is 6.06. The van der Waals surface area contributed by atoms with Crippen molar-refractivity contribution in [3.05, 3.63) is 28.8 Å². The number of rotatable bonds is 5. The molecule has 0 saturated carbocycles. The van der Waals surface area contributed by atoms with Crippen molar-refractivity contribution in [2.75, 3.05) is 27.7 Å². The summed E-state index contributed by atoms with van der Waals surface area (Å²) in [4.78, 5) is 2.24. The third kappa shape index (κ3) is 5.01. The van der Waals surface area contributed by atoms with Crippen LogP contribution in [0.4, 0.5) is 0 Å². The molecule has 1 aromatic rings. The summed E-state index contributed by atoms with van der Waals surface area (Å²) >= 11 is 0. The van der Waals surface area contributed by atoms with E-state index in [0.717, 1.165) is 25.1 Å². The Hall–Kier alpha value is -1.02. The lowest BCUT2D eigenvalue weighted by atomic mass is 9.78. The molecule has 2 heteroatoms. The molecule has 0 N–H and O–H groups in total. The molecule has 0 saturated heterocycles. The molecule has 0 spiro atoms. The zero-order valence-electron chi connectivity index (χ0n) is 16.1. The van der Waals surface area contributed by atoms with Gasteiger partial charge in [0.1, 0.15) is 5.75 Å². The van der Waals surface area contributed by atoms with Gasteiger partial charge in [0.25, 0.3) is 0 Å². The van der Waals surface area contributed by atoms with E-state index in [-0.39, 0.29) is 10.8 Å². The maximum atomic E-state index is 5.81. The van der Waals surface area contributed by atoms with E-state index in [4.69, 9.17) is 4.74 Å². The first-order valence-electron chi connectivity index (χ1n) is 8.33. The Kier molecular flexibility index (Phi) is 6.09. The molecular formula is C20H35NO. The van der Waals surface area contributed by atoms with Crippen LogP contribution >= 0.6 is 0 Å². The summed E-state index contributed by atoms with van der Waals surface area (Å²) in [6.07, 6.45) is 2.22. The maximum Gasteiger partial charge on any atom is 0.125 e. The van der Waals surface area contributed by atoms with Gasteiger partial charge in [-0.15, -0.1) is 0 Å². The molecule has 0 unspecified atom stereocenters. The fourth-order valence-corrected chi connectivity index (χ4v) is 2.69. The van der Waals surface area contributed by atoms with Crippen LogP contribution in [-0.2, 0) is 17.3 Å². The standard InChI is InChI=1S/C20H35NO/c1-19(2,3)16-13-15(11-10-12-21(7)8)18(22-9)17(14-16)20(4,5)6/h13-14H,10-12H2,1-9H3. The van der Waals surface area contributed by atoms with E-state index in [2.05, 4.69) is 72.7 Å². The normalized spacial score (nSPS) is 12.8. The van der Waals surface area contributed by atoms with Crippen molar-refractivity contribution in [3.8, 4) is 5.75 Å². The van der Waals surface area contributed by atoms with Gasteiger partial charge in [-0.25, -0.2) is 0 Å². The van der Waals surface area contributed by atoms with Crippen molar-refractivity contribution < 1.29 is 4.74 Å². The Balaban J connectivity index is 3.32. The molecule has 1 aromatic carbocycles. The lowest BCUT2D eigenvalue weighted by Crippen LogP contribution is -2.19. The fraction of sp³-hybridized carbons (Fsp3) is 0.700. The maximum absolute atomic E-state index is 5.81. The molecule has 0 bridgehead atoms. The Morgan fingerprint density at radius 3 is 1.95 bits per heavy atom. The summed E-state index contributed by atoms with van der Waals surface area (Å²) in [5, 5.41) is 0. The zero-order chi connectivity index (χ0) is 17.1. The monoisotopic (exact) mass is 305 g/mol. The SMILES string of the molecule is COc1c(CCCN(C)C)cc(C(C)(C)C)cc1C(C)(C)C. The van der Waals surface area contributed by atoms with E-state index in [9.17, 15) is 0 Å². The lowest BCUT2D eigenvalue weighted by molar-refractivity contribution is 0.381. The smallest absolute Gasteiger partial charge is 0.125 e. The van der Waals surface area contributed by atoms with Crippen molar-refractivity contribution >= 4 is 0 Å². The van der Waals surface area contributed by atoms with Crippen LogP contribution < -0.4 is 4.74 Å². The number of methoxy groups -OCH3 is 1. The van der Waals surface area contributed by atoms with Crippen LogP contribution in [-0.4, -0.2) is 32.6 Å². The van der Waals surface area contributed by atoms with E-state index < -0.39 is 0 Å². The average molecular weight is 306 g/mol. The van der Waals surface area contributed by atoms with Gasteiger partial charge in [-0.1, -0.05) is 53.7 Å². The zero-order valence-corrected chi connectivity index (χ0v) is 16.1. The van der Waals surface area contributed by atoms with E-state index >= 15 is 0 Å². The highest BCUT2D eigenvalue weighted by Crippen LogP contribution is 2.38. The van der Waals surface area contributed by atoms with Gasteiger partial charge in [-0.05, 0) is 55.4 Å². The van der Waals surface area contributed by atoms with Gasteiger partial charge in [-0.2, -0.15) is 0 Å². The predicted octanol–water partition coefficient (Wildman–Crippen LogP) is 4.78. The first kappa shape index (κ1) is 19.0. The number of hydrogen-bond donors (Lipinski definition) is 0. The molecule has 2 nitrogen and oxygen atoms in total. The number of hydrogen-bond acceptors (Lipinski definition) is 2. The topological polar surface area (TPSA) is 12.5 Å². The number of benzene rings is 1. The second kappa shape index (κ2) is 7.04. The van der Waals surface area contributed by atoms with Crippen LogP contribution in [0.2, 0.25) is 0 Å². The molecule has 0 aromatic heterocycles. The molecule has 0 aliphatic rings. The molecular weight excluding hydrogens is 270 g/mol. The second-order valence-corrected chi connectivity index (χ2v) is 8.62. The Labute approximate surface area is 137 Å². The van der Waals surface area contributed by atoms with Gasteiger partial charge in [0, 0.05) is 5.56 Å². The number of nitrogens with zero attached hydrogens (tertiary/aromatic N) is 1. The van der Waals surface area contributed by atoms with Gasteiger partial charge >= 0.3 is 0 Å². The highest BCUT2D eigenvalue weighted by Gasteiger charge is 2.25. The molecule has 0 aliphatic carbocycles. The van der Waals surface area contributed by atoms with E-state index in [1.165, 1.54) is 16.7 Å². The summed E-state index contributed by atoms with van der Waals surface area (Å²) in [5.74, 6) is 1.08. The minimum absolute atomic E-state index is 0.0862. The minimum Gasteiger partial charge on any atom is -0.496 e. The molecule has 126 valence electrons. The van der Waals surface area contributed by atoms with Gasteiger partial charge in [0.15, 0.2) is 0 Å². The third-order valence-electron chi connectivity index (χ3n) is 4.10. The highest BCUT2D eigenvalue weighted by atomic mass is 16.5. The van der Waals surface area contributed by atoms with Crippen LogP contribution in [0, 0.1) is 0 Å². The molecule has 1 rings (SSSR count). The van der Waals surface area contributed by atoms with Crippen LogP contribution in [0.3, 0.4) is 0 Å². The molecule has 22 heavy (non-hydrogen) atoms. The molecule has 0 radical (unpaired) electrons.